The fourth-order valence-corrected chi connectivity index (χ4v) is 4.83. The van der Waals surface area contributed by atoms with Crippen molar-refractivity contribution in [1.82, 2.24) is 13.9 Å². The van der Waals surface area contributed by atoms with Gasteiger partial charge in [-0.1, -0.05) is 6.07 Å². The van der Waals surface area contributed by atoms with Gasteiger partial charge in [0.2, 0.25) is 10.0 Å². The van der Waals surface area contributed by atoms with E-state index in [1.165, 1.54) is 37.0 Å². The monoisotopic (exact) mass is 610 g/mol. The highest BCUT2D eigenvalue weighted by atomic mass is 127. The minimum Gasteiger partial charge on any atom is -0.455 e. The Balaban J connectivity index is 1.90. The predicted octanol–water partition coefficient (Wildman–Crippen LogP) is 3.79. The summed E-state index contributed by atoms with van der Waals surface area (Å²) in [5.74, 6) is -0.974. The topological polar surface area (TPSA) is 111 Å². The van der Waals surface area contributed by atoms with Gasteiger partial charge in [-0.3, -0.25) is 14.2 Å². The molecule has 2 heterocycles. The predicted molar refractivity (Wildman–Crippen MR) is 140 cm³/mol. The second-order valence-electron chi connectivity index (χ2n) is 7.62. The summed E-state index contributed by atoms with van der Waals surface area (Å²) in [4.78, 5) is 25.7. The lowest BCUT2D eigenvalue weighted by molar-refractivity contribution is 0.0961. The number of nitrogens with one attached hydrogen (secondary N) is 2. The van der Waals surface area contributed by atoms with Crippen LogP contribution in [0.5, 0.6) is 11.5 Å². The van der Waals surface area contributed by atoms with Gasteiger partial charge in [0.1, 0.15) is 28.7 Å². The summed E-state index contributed by atoms with van der Waals surface area (Å²) in [5, 5.41) is 5.81. The number of rotatable bonds is 6. The Labute approximate surface area is 213 Å². The molecule has 0 bridgehead atoms. The molecule has 0 fully saturated rings. The van der Waals surface area contributed by atoms with Crippen LogP contribution in [0.15, 0.2) is 59.5 Å². The van der Waals surface area contributed by atoms with Gasteiger partial charge in [-0.2, -0.15) is 0 Å². The molecule has 1 amide bonds. The maximum absolute atomic E-state index is 14.6. The number of fused-ring (bicyclic) bond motifs is 1. The van der Waals surface area contributed by atoms with Crippen LogP contribution in [-0.2, 0) is 17.1 Å². The molecule has 0 aliphatic carbocycles. The third-order valence-corrected chi connectivity index (χ3v) is 6.98. The van der Waals surface area contributed by atoms with Crippen molar-refractivity contribution in [3.8, 4) is 11.5 Å². The average Bonchev–Trinajstić information content (AvgIpc) is 3.24. The molecule has 182 valence electrons. The van der Waals surface area contributed by atoms with Crippen LogP contribution in [0.25, 0.3) is 10.9 Å². The molecule has 0 saturated carbocycles. The smallest absolute Gasteiger partial charge is 0.258 e. The van der Waals surface area contributed by atoms with Crippen molar-refractivity contribution in [1.29, 1.82) is 0 Å². The van der Waals surface area contributed by atoms with Crippen LogP contribution in [0.2, 0.25) is 0 Å². The van der Waals surface area contributed by atoms with Crippen LogP contribution < -0.4 is 20.9 Å². The van der Waals surface area contributed by atoms with Crippen LogP contribution >= 0.6 is 22.6 Å². The Bertz CT molecular complexity index is 1650. The van der Waals surface area contributed by atoms with Crippen LogP contribution in [0.3, 0.4) is 0 Å². The molecular formula is C23H20FIN4O5S. The Morgan fingerprint density at radius 3 is 2.51 bits per heavy atom. The molecule has 0 radical (unpaired) electrons. The van der Waals surface area contributed by atoms with Crippen molar-refractivity contribution < 1.29 is 22.3 Å². The minimum atomic E-state index is -3.56. The maximum Gasteiger partial charge on any atom is 0.258 e. The van der Waals surface area contributed by atoms with Crippen molar-refractivity contribution in [2.75, 3.05) is 18.6 Å². The molecule has 35 heavy (non-hydrogen) atoms. The molecule has 0 aliphatic rings. The second-order valence-corrected chi connectivity index (χ2v) is 10.7. The maximum atomic E-state index is 14.6. The normalized spacial score (nSPS) is 11.5. The van der Waals surface area contributed by atoms with E-state index in [9.17, 15) is 22.4 Å². The summed E-state index contributed by atoms with van der Waals surface area (Å²) >= 11 is 1.97. The lowest BCUT2D eigenvalue weighted by atomic mass is 10.2. The Morgan fingerprint density at radius 1 is 1.11 bits per heavy atom. The van der Waals surface area contributed by atoms with E-state index < -0.39 is 27.3 Å². The highest BCUT2D eigenvalue weighted by Gasteiger charge is 2.24. The molecule has 2 aromatic heterocycles. The van der Waals surface area contributed by atoms with Crippen LogP contribution in [0.4, 0.5) is 15.9 Å². The first kappa shape index (κ1) is 24.7. The van der Waals surface area contributed by atoms with Gasteiger partial charge in [-0.05, 0) is 59.0 Å². The lowest BCUT2D eigenvalue weighted by Gasteiger charge is -2.19. The zero-order valence-corrected chi connectivity index (χ0v) is 21.8. The number of anilines is 2. The quantitative estimate of drug-likeness (QED) is 0.322. The number of benzene rings is 2. The second kappa shape index (κ2) is 9.34. The molecule has 0 atom stereocenters. The van der Waals surface area contributed by atoms with E-state index >= 15 is 0 Å². The summed E-state index contributed by atoms with van der Waals surface area (Å²) < 4.78 is 47.7. The lowest BCUT2D eigenvalue weighted by Crippen LogP contribution is -2.27. The van der Waals surface area contributed by atoms with E-state index in [1.54, 1.807) is 30.3 Å². The zero-order valence-electron chi connectivity index (χ0n) is 18.8. The van der Waals surface area contributed by atoms with E-state index in [0.29, 0.717) is 14.5 Å². The Morgan fingerprint density at radius 2 is 1.86 bits per heavy atom. The standard InChI is InChI=1S/C23H20FIN4O5S/c1-26-23(31)21-19(34-18-6-4-5-17-14(18)9-10-29(17)35(3,32)33)12-20(30)28(2)22(21)27-16-8-7-13(25)11-15(16)24/h4-12,27H,1-3H3,(H,26,31). The molecule has 4 rings (SSSR count). The number of nitrogens with zero attached hydrogens (tertiary/aromatic N) is 2. The van der Waals surface area contributed by atoms with Crippen molar-refractivity contribution in [2.45, 2.75) is 0 Å². The van der Waals surface area contributed by atoms with Gasteiger partial charge in [0.25, 0.3) is 11.5 Å². The molecule has 0 aliphatic heterocycles. The van der Waals surface area contributed by atoms with Gasteiger partial charge in [-0.25, -0.2) is 16.8 Å². The Kier molecular flexibility index (Phi) is 6.60. The number of halogens is 2. The van der Waals surface area contributed by atoms with Gasteiger partial charge in [0.15, 0.2) is 0 Å². The van der Waals surface area contributed by atoms with Crippen molar-refractivity contribution in [2.24, 2.45) is 7.05 Å². The fourth-order valence-electron chi connectivity index (χ4n) is 3.58. The fraction of sp³-hybridized carbons (Fsp3) is 0.130. The number of pyridine rings is 1. The van der Waals surface area contributed by atoms with E-state index in [-0.39, 0.29) is 28.6 Å². The van der Waals surface area contributed by atoms with E-state index in [0.717, 1.165) is 16.3 Å². The third kappa shape index (κ3) is 4.75. The number of carbonyl (C=O) groups excluding carboxylic acids is 1. The number of ether oxygens (including phenoxy) is 1. The molecule has 12 heteroatoms. The van der Waals surface area contributed by atoms with Gasteiger partial charge in [0.05, 0.1) is 17.5 Å². The summed E-state index contributed by atoms with van der Waals surface area (Å²) in [5.41, 5.74) is -0.112. The van der Waals surface area contributed by atoms with Crippen molar-refractivity contribution >= 4 is 60.9 Å². The van der Waals surface area contributed by atoms with Gasteiger partial charge < -0.3 is 15.4 Å². The SMILES string of the molecule is CNC(=O)c1c(Oc2cccc3c2ccn3S(C)(=O)=O)cc(=O)n(C)c1Nc1ccc(I)cc1F. The summed E-state index contributed by atoms with van der Waals surface area (Å²) in [7, 11) is -0.706. The van der Waals surface area contributed by atoms with E-state index in [1.807, 2.05) is 22.6 Å². The number of amides is 1. The van der Waals surface area contributed by atoms with E-state index in [4.69, 9.17) is 4.74 Å². The van der Waals surface area contributed by atoms with Crippen LogP contribution in [0.1, 0.15) is 10.4 Å². The number of aromatic nitrogens is 2. The van der Waals surface area contributed by atoms with E-state index in [2.05, 4.69) is 10.6 Å². The molecule has 0 spiro atoms. The molecule has 9 nitrogen and oxygen atoms in total. The molecule has 4 aromatic rings. The molecule has 0 unspecified atom stereocenters. The first-order valence-electron chi connectivity index (χ1n) is 10.2. The highest BCUT2D eigenvalue weighted by Crippen LogP contribution is 2.35. The first-order valence-corrected chi connectivity index (χ1v) is 13.1. The van der Waals surface area contributed by atoms with Gasteiger partial charge >= 0.3 is 0 Å². The summed E-state index contributed by atoms with van der Waals surface area (Å²) in [6.45, 7) is 0. The zero-order chi connectivity index (χ0) is 25.5. The summed E-state index contributed by atoms with van der Waals surface area (Å²) in [6, 6.07) is 12.0. The minimum absolute atomic E-state index is 0.0211. The molecular weight excluding hydrogens is 590 g/mol. The number of hydrogen-bond donors (Lipinski definition) is 2. The third-order valence-electron chi connectivity index (χ3n) is 5.28. The van der Waals surface area contributed by atoms with Crippen LogP contribution in [-0.4, -0.2) is 36.2 Å². The van der Waals surface area contributed by atoms with Gasteiger partial charge in [0, 0.05) is 35.3 Å². The van der Waals surface area contributed by atoms with Crippen molar-refractivity contribution in [3.63, 3.8) is 0 Å². The molecule has 2 N–H and O–H groups in total. The number of carbonyl (C=O) groups is 1. The Hall–Kier alpha value is -3.39. The van der Waals surface area contributed by atoms with Gasteiger partial charge in [-0.15, -0.1) is 0 Å². The highest BCUT2D eigenvalue weighted by molar-refractivity contribution is 14.1. The first-order chi connectivity index (χ1) is 16.5. The van der Waals surface area contributed by atoms with Crippen molar-refractivity contribution in [3.05, 3.63) is 80.0 Å². The molecule has 0 saturated heterocycles. The number of hydrogen-bond acceptors (Lipinski definition) is 6. The van der Waals surface area contributed by atoms with Crippen LogP contribution in [0, 0.1) is 9.39 Å². The molecule has 2 aromatic carbocycles. The average molecular weight is 610 g/mol. The summed E-state index contributed by atoms with van der Waals surface area (Å²) in [6.07, 6.45) is 2.47. The largest absolute Gasteiger partial charge is 0.455 e.